The Hall–Kier alpha value is -1.36. The molecule has 0 aromatic heterocycles. The van der Waals surface area contributed by atoms with Gasteiger partial charge in [0.2, 0.25) is 0 Å². The van der Waals surface area contributed by atoms with E-state index in [0.717, 1.165) is 18.8 Å². The van der Waals surface area contributed by atoms with E-state index in [1.54, 1.807) is 0 Å². The SMILES string of the molecule is CCCCCC(C)CCCCCCCCC(=O)C1=C(O)C(CO)OC1=O. The van der Waals surface area contributed by atoms with Gasteiger partial charge in [0.25, 0.3) is 0 Å². The molecule has 1 aliphatic heterocycles. The Morgan fingerprint density at radius 3 is 2.19 bits per heavy atom. The summed E-state index contributed by atoms with van der Waals surface area (Å²) < 4.78 is 4.74. The largest absolute Gasteiger partial charge is 0.507 e. The lowest BCUT2D eigenvalue weighted by Crippen LogP contribution is -2.15. The third-order valence-electron chi connectivity index (χ3n) is 5.11. The summed E-state index contributed by atoms with van der Waals surface area (Å²) >= 11 is 0. The highest BCUT2D eigenvalue weighted by atomic mass is 16.6. The molecule has 0 aromatic carbocycles. The number of aliphatic hydroxyl groups excluding tert-OH is 2. The lowest BCUT2D eigenvalue weighted by molar-refractivity contribution is -0.142. The fraction of sp³-hybridized carbons (Fsp3) is 0.810. The van der Waals surface area contributed by atoms with Gasteiger partial charge in [0.05, 0.1) is 6.61 Å². The normalized spacial score (nSPS) is 18.3. The molecule has 2 atom stereocenters. The van der Waals surface area contributed by atoms with Gasteiger partial charge in [0.15, 0.2) is 17.6 Å². The number of ketones is 1. The number of carbonyl (C=O) groups is 2. The lowest BCUT2D eigenvalue weighted by Gasteiger charge is -2.10. The third kappa shape index (κ3) is 7.90. The first kappa shape index (κ1) is 22.7. The van der Waals surface area contributed by atoms with Crippen molar-refractivity contribution in [1.82, 2.24) is 0 Å². The quantitative estimate of drug-likeness (QED) is 0.250. The molecule has 0 saturated heterocycles. The molecule has 0 fully saturated rings. The number of cyclic esters (lactones) is 1. The Balaban J connectivity index is 2.06. The van der Waals surface area contributed by atoms with Crippen molar-refractivity contribution in [3.8, 4) is 0 Å². The van der Waals surface area contributed by atoms with E-state index in [4.69, 9.17) is 9.84 Å². The maximum atomic E-state index is 12.0. The van der Waals surface area contributed by atoms with E-state index in [1.807, 2.05) is 0 Å². The molecule has 2 unspecified atom stereocenters. The summed E-state index contributed by atoms with van der Waals surface area (Å²) in [5.41, 5.74) is -0.277. The van der Waals surface area contributed by atoms with E-state index in [-0.39, 0.29) is 17.8 Å². The molecule has 150 valence electrons. The number of hydrogen-bond donors (Lipinski definition) is 2. The second-order valence-electron chi connectivity index (χ2n) is 7.52. The van der Waals surface area contributed by atoms with E-state index in [1.165, 1.54) is 51.4 Å². The van der Waals surface area contributed by atoms with Crippen molar-refractivity contribution in [2.45, 2.75) is 97.0 Å². The highest BCUT2D eigenvalue weighted by molar-refractivity contribution is 6.19. The number of aliphatic hydroxyl groups is 2. The molecule has 0 spiro atoms. The van der Waals surface area contributed by atoms with Crippen LogP contribution in [-0.2, 0) is 14.3 Å². The Morgan fingerprint density at radius 1 is 1.04 bits per heavy atom. The van der Waals surface area contributed by atoms with Gasteiger partial charge in [-0.15, -0.1) is 0 Å². The predicted molar refractivity (Wildman–Crippen MR) is 102 cm³/mol. The van der Waals surface area contributed by atoms with Crippen LogP contribution < -0.4 is 0 Å². The second kappa shape index (κ2) is 12.9. The van der Waals surface area contributed by atoms with Crippen molar-refractivity contribution in [3.05, 3.63) is 11.3 Å². The summed E-state index contributed by atoms with van der Waals surface area (Å²) in [6.45, 7) is 4.08. The molecule has 5 nitrogen and oxygen atoms in total. The molecule has 1 heterocycles. The second-order valence-corrected chi connectivity index (χ2v) is 7.52. The fourth-order valence-corrected chi connectivity index (χ4v) is 3.39. The molecule has 2 N–H and O–H groups in total. The van der Waals surface area contributed by atoms with Crippen molar-refractivity contribution in [3.63, 3.8) is 0 Å². The van der Waals surface area contributed by atoms with Gasteiger partial charge in [-0.05, 0) is 12.3 Å². The number of ether oxygens (including phenoxy) is 1. The average molecular weight is 369 g/mol. The summed E-state index contributed by atoms with van der Waals surface area (Å²) in [6, 6.07) is 0. The predicted octanol–water partition coefficient (Wildman–Crippen LogP) is 4.62. The maximum absolute atomic E-state index is 12.0. The average Bonchev–Trinajstić information content (AvgIpc) is 2.91. The molecule has 0 aromatic rings. The minimum absolute atomic E-state index is 0.237. The molecule has 0 aliphatic carbocycles. The first-order valence-electron chi connectivity index (χ1n) is 10.3. The molecule has 0 radical (unpaired) electrons. The molecule has 5 heteroatoms. The first-order chi connectivity index (χ1) is 12.5. The third-order valence-corrected chi connectivity index (χ3v) is 5.11. The van der Waals surface area contributed by atoms with Crippen LogP contribution in [0.5, 0.6) is 0 Å². The molecule has 0 saturated carbocycles. The number of rotatable bonds is 15. The molecular formula is C21H36O5. The van der Waals surface area contributed by atoms with E-state index >= 15 is 0 Å². The van der Waals surface area contributed by atoms with Crippen molar-refractivity contribution < 1.29 is 24.5 Å². The van der Waals surface area contributed by atoms with Crippen LogP contribution in [0.2, 0.25) is 0 Å². The zero-order chi connectivity index (χ0) is 19.4. The highest BCUT2D eigenvalue weighted by Gasteiger charge is 2.37. The lowest BCUT2D eigenvalue weighted by atomic mass is 9.96. The number of hydrogen-bond acceptors (Lipinski definition) is 5. The van der Waals surface area contributed by atoms with Gasteiger partial charge in [0, 0.05) is 6.42 Å². The molecule has 0 amide bonds. The van der Waals surface area contributed by atoms with E-state index in [9.17, 15) is 14.7 Å². The smallest absolute Gasteiger partial charge is 0.346 e. The van der Waals surface area contributed by atoms with Gasteiger partial charge in [-0.2, -0.15) is 0 Å². The Labute approximate surface area is 157 Å². The molecule has 26 heavy (non-hydrogen) atoms. The maximum Gasteiger partial charge on any atom is 0.346 e. The summed E-state index contributed by atoms with van der Waals surface area (Å²) in [6.07, 6.45) is 12.2. The van der Waals surface area contributed by atoms with Crippen LogP contribution >= 0.6 is 0 Å². The van der Waals surface area contributed by atoms with E-state index in [0.29, 0.717) is 6.42 Å². The molecule has 0 bridgehead atoms. The van der Waals surface area contributed by atoms with Crippen LogP contribution in [-0.4, -0.2) is 34.7 Å². The Bertz CT molecular complexity index is 469. The van der Waals surface area contributed by atoms with Crippen LogP contribution in [0.1, 0.15) is 90.9 Å². The summed E-state index contributed by atoms with van der Waals surface area (Å²) in [7, 11) is 0. The van der Waals surface area contributed by atoms with Crippen LogP contribution in [0.4, 0.5) is 0 Å². The molecule has 1 aliphatic rings. The van der Waals surface area contributed by atoms with Crippen molar-refractivity contribution in [2.75, 3.05) is 6.61 Å². The monoisotopic (exact) mass is 368 g/mol. The summed E-state index contributed by atoms with van der Waals surface area (Å²) in [5.74, 6) is -0.798. The summed E-state index contributed by atoms with van der Waals surface area (Å²) in [5, 5.41) is 18.7. The van der Waals surface area contributed by atoms with Crippen LogP contribution in [0.3, 0.4) is 0 Å². The van der Waals surface area contributed by atoms with Gasteiger partial charge in [-0.3, -0.25) is 4.79 Å². The fourth-order valence-electron chi connectivity index (χ4n) is 3.39. The summed E-state index contributed by atoms with van der Waals surface area (Å²) in [4.78, 5) is 23.6. The van der Waals surface area contributed by atoms with Crippen molar-refractivity contribution in [1.29, 1.82) is 0 Å². The number of unbranched alkanes of at least 4 members (excludes halogenated alkanes) is 7. The van der Waals surface area contributed by atoms with E-state index in [2.05, 4.69) is 13.8 Å². The standard InChI is InChI=1S/C21H36O5/c1-3-4-9-12-16(2)13-10-7-5-6-8-11-14-17(23)19-20(24)18(15-22)26-21(19)25/h16,18,22,24H,3-15H2,1-2H3. The first-order valence-corrected chi connectivity index (χ1v) is 10.3. The van der Waals surface area contributed by atoms with E-state index < -0.39 is 24.4 Å². The Kier molecular flexibility index (Phi) is 11.3. The van der Waals surface area contributed by atoms with Gasteiger partial charge in [-0.25, -0.2) is 4.79 Å². The molecular weight excluding hydrogens is 332 g/mol. The zero-order valence-electron chi connectivity index (χ0n) is 16.5. The van der Waals surface area contributed by atoms with Gasteiger partial charge >= 0.3 is 5.97 Å². The minimum Gasteiger partial charge on any atom is -0.507 e. The zero-order valence-corrected chi connectivity index (χ0v) is 16.5. The number of carbonyl (C=O) groups excluding carboxylic acids is 2. The highest BCUT2D eigenvalue weighted by Crippen LogP contribution is 2.23. The van der Waals surface area contributed by atoms with Crippen LogP contribution in [0.15, 0.2) is 11.3 Å². The Morgan fingerprint density at radius 2 is 1.62 bits per heavy atom. The van der Waals surface area contributed by atoms with Gasteiger partial charge < -0.3 is 14.9 Å². The minimum atomic E-state index is -1.08. The van der Waals surface area contributed by atoms with Crippen molar-refractivity contribution in [2.24, 2.45) is 5.92 Å². The van der Waals surface area contributed by atoms with Crippen molar-refractivity contribution >= 4 is 11.8 Å². The van der Waals surface area contributed by atoms with Gasteiger partial charge in [-0.1, -0.05) is 78.1 Å². The van der Waals surface area contributed by atoms with Crippen LogP contribution in [0, 0.1) is 5.92 Å². The molecule has 1 rings (SSSR count). The van der Waals surface area contributed by atoms with Crippen LogP contribution in [0.25, 0.3) is 0 Å². The topological polar surface area (TPSA) is 83.8 Å². The number of esters is 1. The number of Topliss-reactive ketones (excluding diaryl/α,β-unsaturated/α-hetero) is 1. The van der Waals surface area contributed by atoms with Gasteiger partial charge in [0.1, 0.15) is 5.57 Å².